The zero-order valence-corrected chi connectivity index (χ0v) is 11.6. The second-order valence-corrected chi connectivity index (χ2v) is 5.16. The molecule has 0 aliphatic carbocycles. The van der Waals surface area contributed by atoms with Crippen LogP contribution in [0.3, 0.4) is 0 Å². The van der Waals surface area contributed by atoms with Crippen molar-refractivity contribution in [3.63, 3.8) is 0 Å². The Bertz CT molecular complexity index is 439. The van der Waals surface area contributed by atoms with E-state index in [1.165, 1.54) is 0 Å². The Labute approximate surface area is 117 Å². The average Bonchev–Trinajstić information content (AvgIpc) is 2.39. The molecule has 3 amide bonds. The lowest BCUT2D eigenvalue weighted by Crippen LogP contribution is -2.60. The quantitative estimate of drug-likeness (QED) is 0.665. The molecule has 2 aliphatic heterocycles. The minimum absolute atomic E-state index is 0.0475. The van der Waals surface area contributed by atoms with Crippen molar-refractivity contribution in [1.29, 1.82) is 0 Å². The second kappa shape index (κ2) is 6.13. The maximum Gasteiger partial charge on any atom is 0.243 e. The van der Waals surface area contributed by atoms with E-state index < -0.39 is 6.04 Å². The van der Waals surface area contributed by atoms with E-state index in [0.29, 0.717) is 32.4 Å². The number of piperidine rings is 1. The Morgan fingerprint density at radius 1 is 1.25 bits per heavy atom. The molecule has 0 saturated carbocycles. The van der Waals surface area contributed by atoms with Crippen molar-refractivity contribution >= 4 is 23.5 Å². The lowest BCUT2D eigenvalue weighted by Gasteiger charge is -2.35. The first kappa shape index (κ1) is 14.6. The predicted octanol–water partition coefficient (Wildman–Crippen LogP) is -1.09. The van der Waals surface area contributed by atoms with Crippen molar-refractivity contribution in [3.8, 4) is 0 Å². The lowest BCUT2D eigenvalue weighted by atomic mass is 10.1. The van der Waals surface area contributed by atoms with Gasteiger partial charge < -0.3 is 4.90 Å². The molecule has 2 saturated heterocycles. The van der Waals surface area contributed by atoms with Crippen LogP contribution >= 0.6 is 0 Å². The van der Waals surface area contributed by atoms with Crippen LogP contribution in [0, 0.1) is 0 Å². The number of imide groups is 1. The van der Waals surface area contributed by atoms with Gasteiger partial charge in [0.2, 0.25) is 17.7 Å². The highest BCUT2D eigenvalue weighted by molar-refractivity contribution is 6.01. The Kier molecular flexibility index (Phi) is 4.49. The maximum absolute atomic E-state index is 12.2. The number of carbonyl (C=O) groups is 4. The summed E-state index contributed by atoms with van der Waals surface area (Å²) in [6.45, 7) is 2.82. The van der Waals surface area contributed by atoms with Crippen LogP contribution in [0.2, 0.25) is 0 Å². The molecule has 0 radical (unpaired) electrons. The van der Waals surface area contributed by atoms with Crippen LogP contribution in [-0.4, -0.2) is 65.5 Å². The molecule has 0 aromatic carbocycles. The highest BCUT2D eigenvalue weighted by Crippen LogP contribution is 2.11. The van der Waals surface area contributed by atoms with Crippen molar-refractivity contribution in [3.05, 3.63) is 0 Å². The van der Waals surface area contributed by atoms with Crippen LogP contribution in [0.15, 0.2) is 0 Å². The minimum atomic E-state index is -0.442. The van der Waals surface area contributed by atoms with Gasteiger partial charge in [-0.2, -0.15) is 0 Å². The average molecular weight is 281 g/mol. The molecule has 7 nitrogen and oxygen atoms in total. The lowest BCUT2D eigenvalue weighted by molar-refractivity contribution is -0.143. The van der Waals surface area contributed by atoms with E-state index in [1.807, 2.05) is 6.92 Å². The molecular weight excluding hydrogens is 262 g/mol. The van der Waals surface area contributed by atoms with E-state index in [9.17, 15) is 19.2 Å². The molecule has 20 heavy (non-hydrogen) atoms. The summed E-state index contributed by atoms with van der Waals surface area (Å²) in [7, 11) is 0. The predicted molar refractivity (Wildman–Crippen MR) is 69.6 cm³/mol. The molecule has 0 aromatic rings. The van der Waals surface area contributed by atoms with Gasteiger partial charge in [-0.25, -0.2) is 0 Å². The van der Waals surface area contributed by atoms with Gasteiger partial charge >= 0.3 is 0 Å². The third kappa shape index (κ3) is 3.22. The summed E-state index contributed by atoms with van der Waals surface area (Å²) in [5.74, 6) is -0.668. The van der Waals surface area contributed by atoms with Crippen molar-refractivity contribution in [2.75, 3.05) is 26.2 Å². The maximum atomic E-state index is 12.2. The number of ketones is 1. The Morgan fingerprint density at radius 2 is 1.90 bits per heavy atom. The molecule has 2 heterocycles. The van der Waals surface area contributed by atoms with Gasteiger partial charge in [0.1, 0.15) is 5.78 Å². The van der Waals surface area contributed by atoms with Crippen molar-refractivity contribution < 1.29 is 19.2 Å². The monoisotopic (exact) mass is 281 g/mol. The molecule has 7 heteroatoms. The fraction of sp³-hybridized carbons (Fsp3) is 0.692. The van der Waals surface area contributed by atoms with Gasteiger partial charge in [0.05, 0.1) is 19.1 Å². The summed E-state index contributed by atoms with van der Waals surface area (Å²) in [4.78, 5) is 49.7. The molecule has 1 unspecified atom stereocenters. The standard InChI is InChI=1S/C13H19N3O4/c1-2-10-13(20)14-11(18)7-16(10)8-12(19)15-5-3-9(17)4-6-15/h10H,2-8H2,1H3,(H,14,18,20). The molecule has 0 spiro atoms. The summed E-state index contributed by atoms with van der Waals surface area (Å²) in [6.07, 6.45) is 1.33. The molecule has 2 aliphatic rings. The van der Waals surface area contributed by atoms with E-state index in [-0.39, 0.29) is 36.6 Å². The summed E-state index contributed by atoms with van der Waals surface area (Å²) >= 11 is 0. The molecule has 110 valence electrons. The van der Waals surface area contributed by atoms with Crippen LogP contribution < -0.4 is 5.32 Å². The van der Waals surface area contributed by atoms with Crippen LogP contribution in [0.25, 0.3) is 0 Å². The van der Waals surface area contributed by atoms with Crippen molar-refractivity contribution in [2.45, 2.75) is 32.2 Å². The molecule has 2 fully saturated rings. The highest BCUT2D eigenvalue weighted by atomic mass is 16.2. The van der Waals surface area contributed by atoms with Crippen LogP contribution in [0.5, 0.6) is 0 Å². The van der Waals surface area contributed by atoms with Gasteiger partial charge in [-0.15, -0.1) is 0 Å². The smallest absolute Gasteiger partial charge is 0.243 e. The Morgan fingerprint density at radius 3 is 2.50 bits per heavy atom. The van der Waals surface area contributed by atoms with Gasteiger partial charge in [0, 0.05) is 25.9 Å². The summed E-state index contributed by atoms with van der Waals surface area (Å²) in [6, 6.07) is -0.442. The number of hydrogen-bond donors (Lipinski definition) is 1. The third-order valence-corrected chi connectivity index (χ3v) is 3.75. The molecule has 2 rings (SSSR count). The first-order valence-corrected chi connectivity index (χ1v) is 6.88. The first-order chi connectivity index (χ1) is 9.51. The molecular formula is C13H19N3O4. The number of amides is 3. The van der Waals surface area contributed by atoms with Crippen LogP contribution in [0.4, 0.5) is 0 Å². The normalized spacial score (nSPS) is 24.8. The third-order valence-electron chi connectivity index (χ3n) is 3.75. The van der Waals surface area contributed by atoms with E-state index in [2.05, 4.69) is 5.32 Å². The SMILES string of the molecule is CCC1C(=O)NC(=O)CN1CC(=O)N1CCC(=O)CC1. The summed E-state index contributed by atoms with van der Waals surface area (Å²) < 4.78 is 0. The molecule has 0 aromatic heterocycles. The van der Waals surface area contributed by atoms with E-state index in [0.717, 1.165) is 0 Å². The second-order valence-electron chi connectivity index (χ2n) is 5.16. The van der Waals surface area contributed by atoms with Gasteiger partial charge in [0.15, 0.2) is 0 Å². The molecule has 1 N–H and O–H groups in total. The largest absolute Gasteiger partial charge is 0.341 e. The van der Waals surface area contributed by atoms with Gasteiger partial charge in [-0.3, -0.25) is 29.4 Å². The zero-order valence-electron chi connectivity index (χ0n) is 11.6. The van der Waals surface area contributed by atoms with Gasteiger partial charge in [-0.05, 0) is 6.42 Å². The van der Waals surface area contributed by atoms with E-state index in [4.69, 9.17) is 0 Å². The zero-order chi connectivity index (χ0) is 14.7. The number of piperazine rings is 1. The number of likely N-dealkylation sites (tertiary alicyclic amines) is 1. The van der Waals surface area contributed by atoms with E-state index in [1.54, 1.807) is 9.80 Å². The molecule has 0 bridgehead atoms. The minimum Gasteiger partial charge on any atom is -0.341 e. The van der Waals surface area contributed by atoms with Gasteiger partial charge in [0.25, 0.3) is 0 Å². The Balaban J connectivity index is 1.96. The van der Waals surface area contributed by atoms with Crippen molar-refractivity contribution in [1.82, 2.24) is 15.1 Å². The topological polar surface area (TPSA) is 86.8 Å². The number of nitrogens with zero attached hydrogens (tertiary/aromatic N) is 2. The number of carbonyl (C=O) groups excluding carboxylic acids is 4. The Hall–Kier alpha value is -1.76. The van der Waals surface area contributed by atoms with E-state index >= 15 is 0 Å². The number of hydrogen-bond acceptors (Lipinski definition) is 5. The first-order valence-electron chi connectivity index (χ1n) is 6.88. The number of nitrogens with one attached hydrogen (secondary N) is 1. The van der Waals surface area contributed by atoms with Gasteiger partial charge in [-0.1, -0.05) is 6.92 Å². The number of Topliss-reactive ketones (excluding diaryl/α,β-unsaturated/α-hetero) is 1. The highest BCUT2D eigenvalue weighted by Gasteiger charge is 2.34. The van der Waals surface area contributed by atoms with Crippen LogP contribution in [-0.2, 0) is 19.2 Å². The van der Waals surface area contributed by atoms with Crippen LogP contribution in [0.1, 0.15) is 26.2 Å². The summed E-state index contributed by atoms with van der Waals surface area (Å²) in [5, 5.41) is 2.28. The fourth-order valence-corrected chi connectivity index (χ4v) is 2.61. The fourth-order valence-electron chi connectivity index (χ4n) is 2.61. The summed E-state index contributed by atoms with van der Waals surface area (Å²) in [5.41, 5.74) is 0. The molecule has 1 atom stereocenters. The number of rotatable bonds is 3. The van der Waals surface area contributed by atoms with Crippen molar-refractivity contribution in [2.24, 2.45) is 0 Å².